The summed E-state index contributed by atoms with van der Waals surface area (Å²) in [4.78, 5) is 0. The molecule has 23 heavy (non-hydrogen) atoms. The van der Waals surface area contributed by atoms with Gasteiger partial charge in [-0.15, -0.1) is 0 Å². The van der Waals surface area contributed by atoms with Gasteiger partial charge < -0.3 is 15.4 Å². The molecular formula is C20H28N2O. The lowest BCUT2D eigenvalue weighted by molar-refractivity contribution is 0.403. The van der Waals surface area contributed by atoms with E-state index in [-0.39, 0.29) is 0 Å². The van der Waals surface area contributed by atoms with Crippen LogP contribution in [-0.2, 0) is 6.54 Å². The number of hydrogen-bond acceptors (Lipinski definition) is 3. The maximum atomic E-state index is 5.44. The molecule has 3 heteroatoms. The molecule has 2 rings (SSSR count). The molecule has 0 aliphatic rings. The van der Waals surface area contributed by atoms with Gasteiger partial charge in [0, 0.05) is 18.2 Å². The summed E-state index contributed by atoms with van der Waals surface area (Å²) in [6, 6.07) is 19.2. The zero-order chi connectivity index (χ0) is 16.3. The zero-order valence-corrected chi connectivity index (χ0v) is 14.2. The van der Waals surface area contributed by atoms with Crippen molar-refractivity contribution in [1.82, 2.24) is 10.6 Å². The molecule has 2 aromatic carbocycles. The van der Waals surface area contributed by atoms with Gasteiger partial charge in [0.25, 0.3) is 0 Å². The molecule has 0 saturated carbocycles. The van der Waals surface area contributed by atoms with Crippen LogP contribution in [0.2, 0.25) is 0 Å². The van der Waals surface area contributed by atoms with Gasteiger partial charge in [-0.2, -0.15) is 0 Å². The first-order chi connectivity index (χ1) is 11.3. The summed E-state index contributed by atoms with van der Waals surface area (Å²) >= 11 is 0. The highest BCUT2D eigenvalue weighted by atomic mass is 16.5. The van der Waals surface area contributed by atoms with Crippen molar-refractivity contribution in [3.63, 3.8) is 0 Å². The summed E-state index contributed by atoms with van der Waals surface area (Å²) in [7, 11) is 1.72. The predicted molar refractivity (Wildman–Crippen MR) is 96.8 cm³/mol. The molecule has 0 unspecified atom stereocenters. The molecule has 0 saturated heterocycles. The molecule has 0 aliphatic heterocycles. The van der Waals surface area contributed by atoms with Gasteiger partial charge in [-0.05, 0) is 37.6 Å². The standard InChI is InChI=1S/C20H28N2O/c1-3-14-21-15-13-19(17-9-5-4-6-10-17)22-16-18-11-7-8-12-20(18)23-2/h4-12,19,21-22H,3,13-16H2,1-2H3/t19-/m0/s1. The number of nitrogens with one attached hydrogen (secondary N) is 2. The SMILES string of the molecule is CCCNCC[C@H](NCc1ccccc1OC)c1ccccc1. The van der Waals surface area contributed by atoms with Crippen molar-refractivity contribution >= 4 is 0 Å². The van der Waals surface area contributed by atoms with Crippen LogP contribution in [0.25, 0.3) is 0 Å². The van der Waals surface area contributed by atoms with E-state index >= 15 is 0 Å². The number of para-hydroxylation sites is 1. The van der Waals surface area contributed by atoms with E-state index in [9.17, 15) is 0 Å². The fourth-order valence-corrected chi connectivity index (χ4v) is 2.70. The molecule has 0 bridgehead atoms. The summed E-state index contributed by atoms with van der Waals surface area (Å²) in [6.45, 7) is 5.10. The highest BCUT2D eigenvalue weighted by Crippen LogP contribution is 2.20. The third kappa shape index (κ3) is 5.70. The molecule has 0 spiro atoms. The van der Waals surface area contributed by atoms with Gasteiger partial charge in [-0.1, -0.05) is 55.5 Å². The van der Waals surface area contributed by atoms with Gasteiger partial charge in [-0.3, -0.25) is 0 Å². The molecule has 0 heterocycles. The molecule has 2 aromatic rings. The molecule has 0 amide bonds. The predicted octanol–water partition coefficient (Wildman–Crippen LogP) is 3.92. The quantitative estimate of drug-likeness (QED) is 0.653. The first kappa shape index (κ1) is 17.5. The summed E-state index contributed by atoms with van der Waals surface area (Å²) < 4.78 is 5.44. The van der Waals surface area contributed by atoms with Crippen molar-refractivity contribution in [3.05, 3.63) is 65.7 Å². The maximum Gasteiger partial charge on any atom is 0.123 e. The van der Waals surface area contributed by atoms with Crippen molar-refractivity contribution in [3.8, 4) is 5.75 Å². The van der Waals surface area contributed by atoms with Gasteiger partial charge in [-0.25, -0.2) is 0 Å². The molecule has 1 atom stereocenters. The minimum absolute atomic E-state index is 0.338. The van der Waals surface area contributed by atoms with Gasteiger partial charge in [0.2, 0.25) is 0 Å². The normalized spacial score (nSPS) is 12.1. The Morgan fingerprint density at radius 3 is 2.43 bits per heavy atom. The molecule has 0 fully saturated rings. The molecule has 124 valence electrons. The highest BCUT2D eigenvalue weighted by Gasteiger charge is 2.11. The van der Waals surface area contributed by atoms with Crippen LogP contribution >= 0.6 is 0 Å². The van der Waals surface area contributed by atoms with E-state index in [1.54, 1.807) is 7.11 Å². The molecule has 3 nitrogen and oxygen atoms in total. The van der Waals surface area contributed by atoms with E-state index < -0.39 is 0 Å². The lowest BCUT2D eigenvalue weighted by Gasteiger charge is -2.20. The second-order valence-corrected chi connectivity index (χ2v) is 5.69. The molecular weight excluding hydrogens is 284 g/mol. The van der Waals surface area contributed by atoms with Crippen LogP contribution in [0.3, 0.4) is 0 Å². The van der Waals surface area contributed by atoms with Crippen molar-refractivity contribution in [2.75, 3.05) is 20.2 Å². The Bertz CT molecular complexity index is 557. The lowest BCUT2D eigenvalue weighted by atomic mass is 10.0. The average molecular weight is 312 g/mol. The van der Waals surface area contributed by atoms with E-state index in [0.717, 1.165) is 31.8 Å². The number of hydrogen-bond donors (Lipinski definition) is 2. The third-order valence-electron chi connectivity index (χ3n) is 3.97. The van der Waals surface area contributed by atoms with Crippen LogP contribution in [0.15, 0.2) is 54.6 Å². The largest absolute Gasteiger partial charge is 0.496 e. The second kappa shape index (κ2) is 10.0. The monoisotopic (exact) mass is 312 g/mol. The Balaban J connectivity index is 1.99. The lowest BCUT2D eigenvalue weighted by Crippen LogP contribution is -2.26. The van der Waals surface area contributed by atoms with Crippen LogP contribution in [0.4, 0.5) is 0 Å². The highest BCUT2D eigenvalue weighted by molar-refractivity contribution is 5.33. The molecule has 0 aromatic heterocycles. The first-order valence-electron chi connectivity index (χ1n) is 8.46. The Hall–Kier alpha value is -1.84. The smallest absolute Gasteiger partial charge is 0.123 e. The van der Waals surface area contributed by atoms with E-state index in [4.69, 9.17) is 4.74 Å². The fraction of sp³-hybridized carbons (Fsp3) is 0.400. The van der Waals surface area contributed by atoms with Gasteiger partial charge >= 0.3 is 0 Å². The first-order valence-corrected chi connectivity index (χ1v) is 8.46. The Morgan fingerprint density at radius 2 is 1.70 bits per heavy atom. The summed E-state index contributed by atoms with van der Waals surface area (Å²) in [5.41, 5.74) is 2.53. The Morgan fingerprint density at radius 1 is 0.957 bits per heavy atom. The van der Waals surface area contributed by atoms with Gasteiger partial charge in [0.05, 0.1) is 7.11 Å². The van der Waals surface area contributed by atoms with Crippen LogP contribution in [0, 0.1) is 0 Å². The van der Waals surface area contributed by atoms with E-state index in [1.165, 1.54) is 17.5 Å². The molecule has 0 aliphatic carbocycles. The van der Waals surface area contributed by atoms with Crippen molar-refractivity contribution in [2.24, 2.45) is 0 Å². The number of benzene rings is 2. The van der Waals surface area contributed by atoms with Gasteiger partial charge in [0.1, 0.15) is 5.75 Å². The van der Waals surface area contributed by atoms with Crippen molar-refractivity contribution in [2.45, 2.75) is 32.4 Å². The van der Waals surface area contributed by atoms with E-state index in [0.29, 0.717) is 6.04 Å². The zero-order valence-electron chi connectivity index (χ0n) is 14.2. The number of methoxy groups -OCH3 is 1. The topological polar surface area (TPSA) is 33.3 Å². The number of rotatable bonds is 10. The second-order valence-electron chi connectivity index (χ2n) is 5.69. The minimum Gasteiger partial charge on any atom is -0.496 e. The van der Waals surface area contributed by atoms with Gasteiger partial charge in [0.15, 0.2) is 0 Å². The molecule has 0 radical (unpaired) electrons. The minimum atomic E-state index is 0.338. The van der Waals surface area contributed by atoms with Crippen LogP contribution < -0.4 is 15.4 Å². The van der Waals surface area contributed by atoms with Crippen LogP contribution in [-0.4, -0.2) is 20.2 Å². The van der Waals surface area contributed by atoms with E-state index in [1.807, 2.05) is 12.1 Å². The third-order valence-corrected chi connectivity index (χ3v) is 3.97. The van der Waals surface area contributed by atoms with Crippen LogP contribution in [0.5, 0.6) is 5.75 Å². The van der Waals surface area contributed by atoms with E-state index in [2.05, 4.69) is 60.0 Å². The average Bonchev–Trinajstić information content (AvgIpc) is 2.62. The fourth-order valence-electron chi connectivity index (χ4n) is 2.70. The molecule has 2 N–H and O–H groups in total. The van der Waals surface area contributed by atoms with Crippen molar-refractivity contribution < 1.29 is 4.74 Å². The Labute approximate surface area is 140 Å². The number of ether oxygens (including phenoxy) is 1. The summed E-state index contributed by atoms with van der Waals surface area (Å²) in [5, 5.41) is 7.18. The summed E-state index contributed by atoms with van der Waals surface area (Å²) in [6.07, 6.45) is 2.24. The van der Waals surface area contributed by atoms with Crippen molar-refractivity contribution in [1.29, 1.82) is 0 Å². The maximum absolute atomic E-state index is 5.44. The van der Waals surface area contributed by atoms with Crippen LogP contribution in [0.1, 0.15) is 36.9 Å². The Kier molecular flexibility index (Phi) is 7.64. The summed E-state index contributed by atoms with van der Waals surface area (Å²) in [5.74, 6) is 0.941.